The molecule has 6 amide bonds. The molecule has 0 unspecified atom stereocenters. The second-order valence-corrected chi connectivity index (χ2v) is 6.03. The van der Waals surface area contributed by atoms with Crippen molar-refractivity contribution in [2.24, 2.45) is 0 Å². The molecule has 1 aliphatic heterocycles. The number of esters is 1. The Labute approximate surface area is 133 Å². The van der Waals surface area contributed by atoms with Crippen molar-refractivity contribution in [2.45, 2.75) is 26.3 Å². The number of likely N-dealkylation sites (N-methyl/N-ethyl adjacent to an activating group) is 1. The van der Waals surface area contributed by atoms with Crippen LogP contribution in [0.4, 0.5) is 9.59 Å². The maximum Gasteiger partial charge on any atom is 0.327 e. The SMILES string of the molecule is CN1CC(=O)N(CC(=O)OCC(=O)NC(=O)NC(C)(C)C)C1=O. The number of carbonyl (C=O) groups is 5. The van der Waals surface area contributed by atoms with Crippen molar-refractivity contribution in [3.63, 3.8) is 0 Å². The first-order valence-corrected chi connectivity index (χ1v) is 6.82. The Bertz CT molecular complexity index is 539. The van der Waals surface area contributed by atoms with Crippen molar-refractivity contribution in [1.82, 2.24) is 20.4 Å². The second-order valence-electron chi connectivity index (χ2n) is 6.03. The highest BCUT2D eigenvalue weighted by atomic mass is 16.5. The maximum atomic E-state index is 11.6. The third-order valence-electron chi connectivity index (χ3n) is 2.62. The largest absolute Gasteiger partial charge is 0.454 e. The van der Waals surface area contributed by atoms with Gasteiger partial charge >= 0.3 is 18.0 Å². The van der Waals surface area contributed by atoms with Crippen LogP contribution in [0.25, 0.3) is 0 Å². The number of hydrogen-bond acceptors (Lipinski definition) is 6. The standard InChI is InChI=1S/C13H20N4O6/c1-13(2,3)15-11(21)14-8(18)7-23-10(20)6-17-9(19)5-16(4)12(17)22/h5-7H2,1-4H3,(H2,14,15,18,21). The van der Waals surface area contributed by atoms with Crippen LogP contribution in [0.1, 0.15) is 20.8 Å². The summed E-state index contributed by atoms with van der Waals surface area (Å²) in [6, 6.07) is -1.33. The number of carbonyl (C=O) groups excluding carboxylic acids is 5. The topological polar surface area (TPSA) is 125 Å². The summed E-state index contributed by atoms with van der Waals surface area (Å²) < 4.78 is 4.63. The molecule has 2 N–H and O–H groups in total. The van der Waals surface area contributed by atoms with E-state index in [4.69, 9.17) is 0 Å². The molecule has 0 atom stereocenters. The number of imide groups is 2. The quantitative estimate of drug-likeness (QED) is 0.506. The van der Waals surface area contributed by atoms with Crippen LogP contribution in [0, 0.1) is 0 Å². The van der Waals surface area contributed by atoms with Crippen LogP contribution in [-0.2, 0) is 19.1 Å². The normalized spacial score (nSPS) is 14.8. The van der Waals surface area contributed by atoms with Gasteiger partial charge in [0.2, 0.25) is 0 Å². The van der Waals surface area contributed by atoms with Crippen LogP contribution < -0.4 is 10.6 Å². The van der Waals surface area contributed by atoms with E-state index in [-0.39, 0.29) is 6.54 Å². The molecule has 10 heteroatoms. The highest BCUT2D eigenvalue weighted by Crippen LogP contribution is 2.07. The number of ether oxygens (including phenoxy) is 1. The fraction of sp³-hybridized carbons (Fsp3) is 0.615. The van der Waals surface area contributed by atoms with Gasteiger partial charge in [-0.3, -0.25) is 24.6 Å². The molecule has 0 saturated carbocycles. The van der Waals surface area contributed by atoms with Gasteiger partial charge < -0.3 is 15.0 Å². The van der Waals surface area contributed by atoms with E-state index in [0.29, 0.717) is 0 Å². The van der Waals surface area contributed by atoms with Crippen LogP contribution in [0.3, 0.4) is 0 Å². The molecule has 1 heterocycles. The van der Waals surface area contributed by atoms with Gasteiger partial charge in [-0.1, -0.05) is 0 Å². The summed E-state index contributed by atoms with van der Waals surface area (Å²) in [5, 5.41) is 4.49. The van der Waals surface area contributed by atoms with Gasteiger partial charge in [0.25, 0.3) is 11.8 Å². The van der Waals surface area contributed by atoms with Crippen LogP contribution in [0.15, 0.2) is 0 Å². The van der Waals surface area contributed by atoms with Gasteiger partial charge in [-0.15, -0.1) is 0 Å². The van der Waals surface area contributed by atoms with E-state index in [2.05, 4.69) is 10.1 Å². The average Bonchev–Trinajstić information content (AvgIpc) is 2.61. The van der Waals surface area contributed by atoms with E-state index in [9.17, 15) is 24.0 Å². The number of urea groups is 2. The first kappa shape index (κ1) is 18.4. The molecule has 0 radical (unpaired) electrons. The third-order valence-corrected chi connectivity index (χ3v) is 2.62. The summed E-state index contributed by atoms with van der Waals surface area (Å²) in [4.78, 5) is 59.3. The number of rotatable bonds is 4. The van der Waals surface area contributed by atoms with Crippen molar-refractivity contribution in [3.8, 4) is 0 Å². The molecule has 10 nitrogen and oxygen atoms in total. The van der Waals surface area contributed by atoms with E-state index in [1.54, 1.807) is 20.8 Å². The van der Waals surface area contributed by atoms with Crippen molar-refractivity contribution in [1.29, 1.82) is 0 Å². The Morgan fingerprint density at radius 3 is 2.30 bits per heavy atom. The van der Waals surface area contributed by atoms with E-state index in [1.807, 2.05) is 5.32 Å². The van der Waals surface area contributed by atoms with E-state index >= 15 is 0 Å². The van der Waals surface area contributed by atoms with Crippen LogP contribution in [0.5, 0.6) is 0 Å². The predicted molar refractivity (Wildman–Crippen MR) is 77.1 cm³/mol. The van der Waals surface area contributed by atoms with Crippen molar-refractivity contribution in [2.75, 3.05) is 26.7 Å². The minimum atomic E-state index is -0.923. The lowest BCUT2D eigenvalue weighted by Gasteiger charge is -2.20. The lowest BCUT2D eigenvalue weighted by molar-refractivity contribution is -0.150. The zero-order valence-electron chi connectivity index (χ0n) is 13.5. The van der Waals surface area contributed by atoms with Gasteiger partial charge in [-0.25, -0.2) is 9.59 Å². The fourth-order valence-corrected chi connectivity index (χ4v) is 1.68. The molecule has 128 valence electrons. The average molecular weight is 328 g/mol. The predicted octanol–water partition coefficient (Wildman–Crippen LogP) is -0.952. The summed E-state index contributed by atoms with van der Waals surface area (Å²) in [5.74, 6) is -2.27. The lowest BCUT2D eigenvalue weighted by Crippen LogP contribution is -2.49. The van der Waals surface area contributed by atoms with Crippen LogP contribution in [-0.4, -0.2) is 71.9 Å². The van der Waals surface area contributed by atoms with E-state index < -0.39 is 48.5 Å². The zero-order valence-corrected chi connectivity index (χ0v) is 13.5. The number of nitrogens with zero attached hydrogens (tertiary/aromatic N) is 2. The van der Waals surface area contributed by atoms with Gasteiger partial charge in [0.15, 0.2) is 6.61 Å². The van der Waals surface area contributed by atoms with E-state index in [1.165, 1.54) is 7.05 Å². The molecule has 23 heavy (non-hydrogen) atoms. The van der Waals surface area contributed by atoms with Gasteiger partial charge in [0, 0.05) is 12.6 Å². The highest BCUT2D eigenvalue weighted by Gasteiger charge is 2.35. The number of amides is 6. The minimum Gasteiger partial charge on any atom is -0.454 e. The maximum absolute atomic E-state index is 11.6. The van der Waals surface area contributed by atoms with Gasteiger partial charge in [-0.2, -0.15) is 0 Å². The second kappa shape index (κ2) is 7.07. The molecular formula is C13H20N4O6. The molecule has 1 fully saturated rings. The monoisotopic (exact) mass is 328 g/mol. The lowest BCUT2D eigenvalue weighted by atomic mass is 10.1. The molecule has 0 aromatic rings. The van der Waals surface area contributed by atoms with Crippen molar-refractivity contribution in [3.05, 3.63) is 0 Å². The third kappa shape index (κ3) is 5.93. The van der Waals surface area contributed by atoms with E-state index in [0.717, 1.165) is 9.80 Å². The molecule has 1 rings (SSSR count). The summed E-state index contributed by atoms with van der Waals surface area (Å²) in [5.41, 5.74) is -0.524. The molecule has 0 aromatic carbocycles. The number of nitrogens with one attached hydrogen (secondary N) is 2. The van der Waals surface area contributed by atoms with Crippen LogP contribution in [0.2, 0.25) is 0 Å². The summed E-state index contributed by atoms with van der Waals surface area (Å²) >= 11 is 0. The van der Waals surface area contributed by atoms with Gasteiger partial charge in [0.1, 0.15) is 13.1 Å². The summed E-state index contributed by atoms with van der Waals surface area (Å²) in [6.07, 6.45) is 0. The molecule has 0 bridgehead atoms. The van der Waals surface area contributed by atoms with Gasteiger partial charge in [-0.05, 0) is 20.8 Å². The highest BCUT2D eigenvalue weighted by molar-refractivity contribution is 6.04. The molecule has 0 aliphatic carbocycles. The Morgan fingerprint density at radius 1 is 1.22 bits per heavy atom. The first-order chi connectivity index (χ1) is 10.5. The summed E-state index contributed by atoms with van der Waals surface area (Å²) in [7, 11) is 1.42. The Balaban J connectivity index is 2.36. The number of hydrogen-bond donors (Lipinski definition) is 2. The smallest absolute Gasteiger partial charge is 0.327 e. The Kier molecular flexibility index (Phi) is 5.66. The summed E-state index contributed by atoms with van der Waals surface area (Å²) in [6.45, 7) is 3.82. The molecular weight excluding hydrogens is 308 g/mol. The minimum absolute atomic E-state index is 0.112. The van der Waals surface area contributed by atoms with Crippen LogP contribution >= 0.6 is 0 Å². The van der Waals surface area contributed by atoms with Gasteiger partial charge in [0.05, 0.1) is 0 Å². The Morgan fingerprint density at radius 2 is 1.83 bits per heavy atom. The van der Waals surface area contributed by atoms with Crippen molar-refractivity contribution >= 4 is 29.8 Å². The van der Waals surface area contributed by atoms with Crippen molar-refractivity contribution < 1.29 is 28.7 Å². The molecule has 0 aromatic heterocycles. The first-order valence-electron chi connectivity index (χ1n) is 6.82. The molecule has 0 spiro atoms. The fourth-order valence-electron chi connectivity index (χ4n) is 1.68. The zero-order chi connectivity index (χ0) is 17.8. The molecule has 1 saturated heterocycles. The molecule has 1 aliphatic rings. The Hall–Kier alpha value is -2.65.